The monoisotopic (exact) mass is 481 g/mol. The fraction of sp³-hybridized carbons (Fsp3) is 0.607. The first-order valence-electron chi connectivity index (χ1n) is 12.7. The van der Waals surface area contributed by atoms with Crippen molar-refractivity contribution in [2.75, 3.05) is 0 Å². The molecule has 2 N–H and O–H groups in total. The third kappa shape index (κ3) is 3.75. The van der Waals surface area contributed by atoms with Crippen LogP contribution in [-0.2, 0) is 30.3 Å². The molecule has 3 heterocycles. The summed E-state index contributed by atoms with van der Waals surface area (Å²) in [5.74, 6) is -2.42. The van der Waals surface area contributed by atoms with E-state index in [1.54, 1.807) is 13.0 Å². The van der Waals surface area contributed by atoms with Crippen molar-refractivity contribution in [2.24, 2.45) is 23.7 Å². The molecule has 0 bridgehead atoms. The number of carbonyl (C=O) groups excluding carboxylic acids is 3. The van der Waals surface area contributed by atoms with E-state index >= 15 is 0 Å². The lowest BCUT2D eigenvalue weighted by Gasteiger charge is -2.46. The number of hydrogen-bond donors (Lipinski definition) is 2. The van der Waals surface area contributed by atoms with Gasteiger partial charge in [-0.1, -0.05) is 56.3 Å². The van der Waals surface area contributed by atoms with Crippen molar-refractivity contribution in [1.29, 1.82) is 0 Å². The number of hydrogen-bond acceptors (Lipinski definition) is 6. The molecule has 2 saturated heterocycles. The summed E-state index contributed by atoms with van der Waals surface area (Å²) in [6.07, 6.45) is 4.29. The number of fused-ring (bicyclic) bond motifs is 2. The third-order valence-corrected chi connectivity index (χ3v) is 8.95. The number of amides is 1. The molecule has 3 fully saturated rings. The van der Waals surface area contributed by atoms with E-state index in [0.717, 1.165) is 5.56 Å². The van der Waals surface area contributed by atoms with Crippen LogP contribution in [0.5, 0.6) is 0 Å². The van der Waals surface area contributed by atoms with Crippen molar-refractivity contribution in [3.63, 3.8) is 0 Å². The van der Waals surface area contributed by atoms with Gasteiger partial charge >= 0.3 is 5.97 Å². The first kappa shape index (κ1) is 24.2. The lowest BCUT2D eigenvalue weighted by Crippen LogP contribution is -2.61. The largest absolute Gasteiger partial charge is 0.448 e. The summed E-state index contributed by atoms with van der Waals surface area (Å²) in [7, 11) is 0. The van der Waals surface area contributed by atoms with E-state index < -0.39 is 34.6 Å². The molecule has 4 aliphatic rings. The van der Waals surface area contributed by atoms with Gasteiger partial charge in [-0.15, -0.1) is 0 Å². The molecule has 1 aliphatic carbocycles. The van der Waals surface area contributed by atoms with Crippen LogP contribution in [0.15, 0.2) is 42.5 Å². The van der Waals surface area contributed by atoms with Crippen LogP contribution in [0.1, 0.15) is 52.5 Å². The summed E-state index contributed by atoms with van der Waals surface area (Å²) < 4.78 is 12.4. The predicted molar refractivity (Wildman–Crippen MR) is 128 cm³/mol. The lowest BCUT2D eigenvalue weighted by atomic mass is 9.59. The molecule has 1 amide bonds. The van der Waals surface area contributed by atoms with E-state index in [9.17, 15) is 19.5 Å². The second-order valence-electron chi connectivity index (χ2n) is 11.3. The Morgan fingerprint density at radius 1 is 1.11 bits per heavy atom. The van der Waals surface area contributed by atoms with Crippen LogP contribution in [0.3, 0.4) is 0 Å². The van der Waals surface area contributed by atoms with Crippen LogP contribution in [-0.4, -0.2) is 51.7 Å². The van der Waals surface area contributed by atoms with Gasteiger partial charge in [0.05, 0.1) is 17.6 Å². The molecule has 1 saturated carbocycles. The molecule has 9 unspecified atom stereocenters. The SMILES string of the molecule is CC1CCC(=O)OC23C(=O)NC(Cc4ccccc4)C2C(C)C2(C)OC2C3/C=C/CC(C)(O)C1=O. The molecule has 3 aliphatic heterocycles. The smallest absolute Gasteiger partial charge is 0.306 e. The Morgan fingerprint density at radius 3 is 2.54 bits per heavy atom. The van der Waals surface area contributed by atoms with Crippen molar-refractivity contribution < 1.29 is 29.0 Å². The van der Waals surface area contributed by atoms with Crippen molar-refractivity contribution in [3.05, 3.63) is 48.0 Å². The average molecular weight is 482 g/mol. The molecule has 0 radical (unpaired) electrons. The van der Waals surface area contributed by atoms with Gasteiger partial charge in [0.25, 0.3) is 5.91 Å². The maximum atomic E-state index is 13.8. The minimum absolute atomic E-state index is 0.00168. The average Bonchev–Trinajstić information content (AvgIpc) is 3.43. The number of rotatable bonds is 2. The topological polar surface area (TPSA) is 105 Å². The third-order valence-electron chi connectivity index (χ3n) is 8.95. The second kappa shape index (κ2) is 8.27. The zero-order valence-corrected chi connectivity index (χ0v) is 20.8. The zero-order valence-electron chi connectivity index (χ0n) is 20.8. The summed E-state index contributed by atoms with van der Waals surface area (Å²) in [6.45, 7) is 7.37. The standard InChI is InChI=1S/C28H35NO6/c1-16-12-13-21(30)34-28-19(11-8-14-26(3,33)23(16)31)24-27(4,35-24)17(2)22(28)20(29-25(28)32)15-18-9-6-5-7-10-18/h5-11,16-17,19-20,22,24,33H,12-15H2,1-4H3,(H,29,32)/b11-8+. The molecule has 1 spiro atoms. The zero-order chi connectivity index (χ0) is 25.2. The van der Waals surface area contributed by atoms with E-state index in [4.69, 9.17) is 9.47 Å². The fourth-order valence-corrected chi connectivity index (χ4v) is 6.78. The highest BCUT2D eigenvalue weighted by Crippen LogP contribution is 2.63. The Labute approximate surface area is 206 Å². The van der Waals surface area contributed by atoms with Gasteiger partial charge in [0, 0.05) is 30.7 Å². The number of nitrogens with one attached hydrogen (secondary N) is 1. The molecule has 7 nitrogen and oxygen atoms in total. The number of carbonyl (C=O) groups is 3. The highest BCUT2D eigenvalue weighted by Gasteiger charge is 2.78. The lowest BCUT2D eigenvalue weighted by molar-refractivity contribution is -0.182. The molecule has 188 valence electrons. The highest BCUT2D eigenvalue weighted by atomic mass is 16.6. The summed E-state index contributed by atoms with van der Waals surface area (Å²) >= 11 is 0. The molecule has 1 aromatic rings. The number of ether oxygens (including phenoxy) is 2. The second-order valence-corrected chi connectivity index (χ2v) is 11.3. The Kier molecular flexibility index (Phi) is 5.72. The van der Waals surface area contributed by atoms with Crippen molar-refractivity contribution >= 4 is 17.7 Å². The Bertz CT molecular complexity index is 1070. The summed E-state index contributed by atoms with van der Waals surface area (Å²) in [5, 5.41) is 14.0. The van der Waals surface area contributed by atoms with Gasteiger partial charge < -0.3 is 19.9 Å². The number of aliphatic hydroxyl groups is 1. The molecule has 1 aromatic carbocycles. The number of Topliss-reactive ketones (excluding diaryl/α,β-unsaturated/α-hetero) is 1. The van der Waals surface area contributed by atoms with E-state index in [1.807, 2.05) is 36.4 Å². The summed E-state index contributed by atoms with van der Waals surface area (Å²) in [6, 6.07) is 9.76. The van der Waals surface area contributed by atoms with Crippen LogP contribution in [0.2, 0.25) is 0 Å². The Morgan fingerprint density at radius 2 is 1.83 bits per heavy atom. The summed E-state index contributed by atoms with van der Waals surface area (Å²) in [4.78, 5) is 39.7. The van der Waals surface area contributed by atoms with Gasteiger partial charge in [-0.25, -0.2) is 0 Å². The van der Waals surface area contributed by atoms with Gasteiger partial charge in [-0.3, -0.25) is 14.4 Å². The minimum Gasteiger partial charge on any atom is -0.448 e. The molecule has 35 heavy (non-hydrogen) atoms. The van der Waals surface area contributed by atoms with Crippen LogP contribution >= 0.6 is 0 Å². The first-order chi connectivity index (χ1) is 16.5. The van der Waals surface area contributed by atoms with Crippen LogP contribution < -0.4 is 5.32 Å². The van der Waals surface area contributed by atoms with Crippen molar-refractivity contribution in [2.45, 2.75) is 82.3 Å². The molecule has 5 rings (SSSR count). The molecule has 7 heteroatoms. The Hall–Kier alpha value is -2.51. The maximum Gasteiger partial charge on any atom is 0.306 e. The Balaban J connectivity index is 1.58. The van der Waals surface area contributed by atoms with E-state index in [2.05, 4.69) is 19.2 Å². The van der Waals surface area contributed by atoms with Gasteiger partial charge in [-0.2, -0.15) is 0 Å². The van der Waals surface area contributed by atoms with Crippen molar-refractivity contribution in [1.82, 2.24) is 5.32 Å². The van der Waals surface area contributed by atoms with Crippen LogP contribution in [0.25, 0.3) is 0 Å². The summed E-state index contributed by atoms with van der Waals surface area (Å²) in [5.41, 5.74) is -2.29. The van der Waals surface area contributed by atoms with Gasteiger partial charge in [0.2, 0.25) is 5.60 Å². The predicted octanol–water partition coefficient (Wildman–Crippen LogP) is 2.75. The van der Waals surface area contributed by atoms with E-state index in [1.165, 1.54) is 6.92 Å². The number of ketones is 1. The quantitative estimate of drug-likeness (QED) is 0.382. The fourth-order valence-electron chi connectivity index (χ4n) is 6.78. The van der Waals surface area contributed by atoms with Gasteiger partial charge in [0.1, 0.15) is 5.60 Å². The van der Waals surface area contributed by atoms with E-state index in [-0.39, 0.29) is 54.9 Å². The maximum absolute atomic E-state index is 13.8. The normalized spacial score (nSPS) is 46.1. The first-order valence-corrected chi connectivity index (χ1v) is 12.7. The molecular formula is C28H35NO6. The van der Waals surface area contributed by atoms with Gasteiger partial charge in [-0.05, 0) is 38.2 Å². The molecule has 9 atom stereocenters. The van der Waals surface area contributed by atoms with Crippen molar-refractivity contribution in [3.8, 4) is 0 Å². The molecule has 0 aromatic heterocycles. The number of benzene rings is 1. The number of epoxide rings is 1. The van der Waals surface area contributed by atoms with Crippen LogP contribution in [0, 0.1) is 23.7 Å². The van der Waals surface area contributed by atoms with E-state index in [0.29, 0.717) is 6.42 Å². The minimum atomic E-state index is -1.55. The van der Waals surface area contributed by atoms with Crippen LogP contribution in [0.4, 0.5) is 0 Å². The highest BCUT2D eigenvalue weighted by molar-refractivity contribution is 5.93. The number of esters is 1. The van der Waals surface area contributed by atoms with Gasteiger partial charge in [0.15, 0.2) is 5.78 Å². The molecular weight excluding hydrogens is 446 g/mol.